The predicted octanol–water partition coefficient (Wildman–Crippen LogP) is 1.85. The number of methoxy groups -OCH3 is 1. The third-order valence-corrected chi connectivity index (χ3v) is 5.99. The number of halogens is 1. The van der Waals surface area contributed by atoms with Crippen LogP contribution in [0.3, 0.4) is 0 Å². The Labute approximate surface area is 203 Å². The molecule has 1 aromatic heterocycles. The highest BCUT2D eigenvalue weighted by Gasteiger charge is 2.23. The van der Waals surface area contributed by atoms with E-state index in [4.69, 9.17) is 20.9 Å². The van der Waals surface area contributed by atoms with E-state index in [1.54, 1.807) is 25.3 Å². The van der Waals surface area contributed by atoms with Crippen LogP contribution >= 0.6 is 0 Å². The van der Waals surface area contributed by atoms with Gasteiger partial charge in [-0.05, 0) is 30.8 Å². The fourth-order valence-corrected chi connectivity index (χ4v) is 3.99. The molecule has 0 saturated carbocycles. The number of carbonyl (C=O) groups is 1. The standard InChI is InChI=1S/C24H30FN7O3/c1-31-5-7-32(8-6-31)20-12-16-19(13-21(20)35-10-9-34-2)29-30-23(24(27)33)22(16)28-18-4-3-15(14-26)11-17(18)25/h3-4,11-13H,5-10,14,26H2,1-2H3,(H2,27,33)(H,28,29). The Hall–Kier alpha value is -3.54. The van der Waals surface area contributed by atoms with E-state index in [1.165, 1.54) is 6.07 Å². The topological polar surface area (TPSA) is 132 Å². The third kappa shape index (κ3) is 5.42. The van der Waals surface area contributed by atoms with Gasteiger partial charge >= 0.3 is 0 Å². The number of nitrogens with zero attached hydrogens (tertiary/aromatic N) is 4. The van der Waals surface area contributed by atoms with Crippen LogP contribution in [0.2, 0.25) is 0 Å². The van der Waals surface area contributed by atoms with Crippen LogP contribution in [0.4, 0.5) is 21.5 Å². The number of primary amides is 1. The zero-order valence-electron chi connectivity index (χ0n) is 19.9. The van der Waals surface area contributed by atoms with Gasteiger partial charge in [-0.3, -0.25) is 4.79 Å². The molecule has 1 amide bonds. The van der Waals surface area contributed by atoms with Crippen LogP contribution in [0.25, 0.3) is 10.9 Å². The first-order valence-corrected chi connectivity index (χ1v) is 11.4. The lowest BCUT2D eigenvalue weighted by molar-refractivity contribution is 0.0995. The second-order valence-electron chi connectivity index (χ2n) is 8.40. The van der Waals surface area contributed by atoms with Gasteiger partial charge in [0, 0.05) is 51.3 Å². The lowest BCUT2D eigenvalue weighted by atomic mass is 10.1. The highest BCUT2D eigenvalue weighted by atomic mass is 19.1. The van der Waals surface area contributed by atoms with Crippen molar-refractivity contribution in [1.82, 2.24) is 15.1 Å². The molecule has 0 bridgehead atoms. The monoisotopic (exact) mass is 483 g/mol. The van der Waals surface area contributed by atoms with E-state index >= 15 is 0 Å². The van der Waals surface area contributed by atoms with Gasteiger partial charge in [0.05, 0.1) is 29.2 Å². The number of anilines is 3. The molecule has 0 spiro atoms. The molecule has 10 nitrogen and oxygen atoms in total. The molecule has 3 aromatic rings. The summed E-state index contributed by atoms with van der Waals surface area (Å²) in [6.45, 7) is 4.37. The van der Waals surface area contributed by atoms with Crippen molar-refractivity contribution in [2.24, 2.45) is 11.5 Å². The Morgan fingerprint density at radius 1 is 1.14 bits per heavy atom. The Bertz CT molecular complexity index is 1220. The van der Waals surface area contributed by atoms with Crippen molar-refractivity contribution in [2.75, 3.05) is 63.8 Å². The van der Waals surface area contributed by atoms with Gasteiger partial charge in [-0.2, -0.15) is 0 Å². The molecule has 4 rings (SSSR count). The van der Waals surface area contributed by atoms with Crippen molar-refractivity contribution < 1.29 is 18.7 Å². The molecular weight excluding hydrogens is 453 g/mol. The zero-order valence-corrected chi connectivity index (χ0v) is 19.9. The largest absolute Gasteiger partial charge is 0.489 e. The normalized spacial score (nSPS) is 14.3. The SMILES string of the molecule is COCCOc1cc2nnc(C(N)=O)c(Nc3ccc(CN)cc3F)c2cc1N1CCN(C)CC1. The molecule has 0 radical (unpaired) electrons. The summed E-state index contributed by atoms with van der Waals surface area (Å²) in [5.41, 5.74) is 13.5. The number of fused-ring (bicyclic) bond motifs is 1. The van der Waals surface area contributed by atoms with Gasteiger partial charge in [0.15, 0.2) is 5.69 Å². The van der Waals surface area contributed by atoms with Crippen molar-refractivity contribution in [3.05, 3.63) is 47.4 Å². The smallest absolute Gasteiger partial charge is 0.271 e. The zero-order chi connectivity index (χ0) is 24.9. The number of hydrogen-bond donors (Lipinski definition) is 3. The number of likely N-dealkylation sites (N-methyl/N-ethyl adjacent to an activating group) is 1. The number of piperazine rings is 1. The van der Waals surface area contributed by atoms with Crippen LogP contribution in [0.5, 0.6) is 5.75 Å². The quantitative estimate of drug-likeness (QED) is 0.390. The maximum atomic E-state index is 14.8. The van der Waals surface area contributed by atoms with Crippen LogP contribution in [0, 0.1) is 5.82 Å². The minimum atomic E-state index is -0.776. The Kier molecular flexibility index (Phi) is 7.59. The first-order chi connectivity index (χ1) is 16.9. The van der Waals surface area contributed by atoms with E-state index in [1.807, 2.05) is 6.07 Å². The lowest BCUT2D eigenvalue weighted by Crippen LogP contribution is -2.44. The highest BCUT2D eigenvalue weighted by molar-refractivity contribution is 6.07. The Morgan fingerprint density at radius 2 is 1.91 bits per heavy atom. The van der Waals surface area contributed by atoms with Gasteiger partial charge in [-0.25, -0.2) is 4.39 Å². The summed E-state index contributed by atoms with van der Waals surface area (Å²) in [6.07, 6.45) is 0. The van der Waals surface area contributed by atoms with Gasteiger partial charge in [0.1, 0.15) is 18.2 Å². The van der Waals surface area contributed by atoms with Gasteiger partial charge < -0.3 is 36.1 Å². The van der Waals surface area contributed by atoms with Gasteiger partial charge in [0.2, 0.25) is 0 Å². The molecule has 0 aliphatic carbocycles. The molecule has 1 fully saturated rings. The number of nitrogens with two attached hydrogens (primary N) is 2. The van der Waals surface area contributed by atoms with Crippen molar-refractivity contribution in [2.45, 2.75) is 6.54 Å². The molecule has 1 saturated heterocycles. The number of rotatable bonds is 9. The Balaban J connectivity index is 1.84. The van der Waals surface area contributed by atoms with E-state index in [0.29, 0.717) is 35.4 Å². The minimum Gasteiger partial charge on any atom is -0.489 e. The van der Waals surface area contributed by atoms with E-state index in [-0.39, 0.29) is 23.6 Å². The maximum absolute atomic E-state index is 14.8. The van der Waals surface area contributed by atoms with Gasteiger partial charge in [-0.15, -0.1) is 10.2 Å². The minimum absolute atomic E-state index is 0.0859. The van der Waals surface area contributed by atoms with Crippen molar-refractivity contribution in [3.8, 4) is 5.75 Å². The highest BCUT2D eigenvalue weighted by Crippen LogP contribution is 2.38. The van der Waals surface area contributed by atoms with Crippen LogP contribution in [0.1, 0.15) is 16.1 Å². The van der Waals surface area contributed by atoms with E-state index in [0.717, 1.165) is 31.9 Å². The summed E-state index contributed by atoms with van der Waals surface area (Å²) < 4.78 is 25.9. The van der Waals surface area contributed by atoms with Crippen LogP contribution < -0.4 is 26.4 Å². The van der Waals surface area contributed by atoms with E-state index < -0.39 is 11.7 Å². The van der Waals surface area contributed by atoms with Crippen LogP contribution in [0.15, 0.2) is 30.3 Å². The Morgan fingerprint density at radius 3 is 2.57 bits per heavy atom. The summed E-state index contributed by atoms with van der Waals surface area (Å²) >= 11 is 0. The molecule has 35 heavy (non-hydrogen) atoms. The van der Waals surface area contributed by atoms with Crippen molar-refractivity contribution in [3.63, 3.8) is 0 Å². The van der Waals surface area contributed by atoms with Crippen molar-refractivity contribution in [1.29, 1.82) is 0 Å². The molecule has 2 aromatic carbocycles. The first-order valence-electron chi connectivity index (χ1n) is 11.4. The van der Waals surface area contributed by atoms with Gasteiger partial charge in [0.25, 0.3) is 5.91 Å². The summed E-state index contributed by atoms with van der Waals surface area (Å²) in [4.78, 5) is 16.7. The number of aromatic nitrogens is 2. The van der Waals surface area contributed by atoms with E-state index in [2.05, 4.69) is 32.4 Å². The number of ether oxygens (including phenoxy) is 2. The molecule has 0 atom stereocenters. The molecule has 11 heteroatoms. The van der Waals surface area contributed by atoms with Crippen LogP contribution in [-0.2, 0) is 11.3 Å². The number of carbonyl (C=O) groups excluding carboxylic acids is 1. The number of benzene rings is 2. The fraction of sp³-hybridized carbons (Fsp3) is 0.375. The second kappa shape index (κ2) is 10.8. The third-order valence-electron chi connectivity index (χ3n) is 5.99. The summed E-state index contributed by atoms with van der Waals surface area (Å²) in [5, 5.41) is 11.8. The number of nitrogens with one attached hydrogen (secondary N) is 1. The summed E-state index contributed by atoms with van der Waals surface area (Å²) in [6, 6.07) is 8.29. The number of hydrogen-bond acceptors (Lipinski definition) is 9. The maximum Gasteiger partial charge on any atom is 0.271 e. The second-order valence-corrected chi connectivity index (χ2v) is 8.40. The lowest BCUT2D eigenvalue weighted by Gasteiger charge is -2.35. The molecular formula is C24H30FN7O3. The molecule has 0 unspecified atom stereocenters. The first kappa shape index (κ1) is 24.6. The van der Waals surface area contributed by atoms with Crippen LogP contribution in [-0.4, -0.2) is 74.6 Å². The molecule has 186 valence electrons. The van der Waals surface area contributed by atoms with E-state index in [9.17, 15) is 9.18 Å². The average molecular weight is 484 g/mol. The summed E-state index contributed by atoms with van der Waals surface area (Å²) in [7, 11) is 3.69. The van der Waals surface area contributed by atoms with Crippen molar-refractivity contribution >= 4 is 33.9 Å². The molecule has 1 aliphatic heterocycles. The molecule has 5 N–H and O–H groups in total. The molecule has 1 aliphatic rings. The van der Waals surface area contributed by atoms with Gasteiger partial charge in [-0.1, -0.05) is 6.07 Å². The number of amides is 1. The molecule has 2 heterocycles. The summed E-state index contributed by atoms with van der Waals surface area (Å²) in [5.74, 6) is -0.653. The fourth-order valence-electron chi connectivity index (χ4n) is 3.99. The average Bonchev–Trinajstić information content (AvgIpc) is 2.85. The predicted molar refractivity (Wildman–Crippen MR) is 133 cm³/mol.